The van der Waals surface area contributed by atoms with Gasteiger partial charge in [0.15, 0.2) is 0 Å². The van der Waals surface area contributed by atoms with Crippen LogP contribution in [0.15, 0.2) is 12.5 Å². The molecule has 0 spiro atoms. The monoisotopic (exact) mass is 469 g/mol. The molecular weight excluding hydrogens is 438 g/mol. The molecule has 14 nitrogen and oxygen atoms in total. The minimum atomic E-state index is -1.51. The zero-order valence-corrected chi connectivity index (χ0v) is 18.2. The Balaban J connectivity index is 2.88. The highest BCUT2D eigenvalue weighted by Crippen LogP contribution is 2.05. The van der Waals surface area contributed by atoms with Crippen LogP contribution >= 0.6 is 0 Å². The smallest absolute Gasteiger partial charge is 0.325 e. The van der Waals surface area contributed by atoms with Crippen LogP contribution in [0.25, 0.3) is 0 Å². The Morgan fingerprint density at radius 3 is 2.21 bits per heavy atom. The van der Waals surface area contributed by atoms with E-state index in [1.165, 1.54) is 19.4 Å². The number of nitrogens with two attached hydrogens (primary N) is 2. The first-order valence-corrected chi connectivity index (χ1v) is 10.3. The number of carbonyl (C=O) groups is 5. The summed E-state index contributed by atoms with van der Waals surface area (Å²) in [5.41, 5.74) is 11.9. The summed E-state index contributed by atoms with van der Waals surface area (Å²) in [5.74, 6) is -5.07. The molecule has 1 aromatic rings. The summed E-state index contributed by atoms with van der Waals surface area (Å²) >= 11 is 0. The summed E-state index contributed by atoms with van der Waals surface area (Å²) < 4.78 is 0. The Bertz CT molecular complexity index is 815. The predicted octanol–water partition coefficient (Wildman–Crippen LogP) is -2.56. The molecule has 33 heavy (non-hydrogen) atoms. The summed E-state index contributed by atoms with van der Waals surface area (Å²) in [7, 11) is 0. The van der Waals surface area contributed by atoms with Gasteiger partial charge < -0.3 is 42.6 Å². The molecule has 0 aliphatic heterocycles. The number of rotatable bonds is 15. The van der Waals surface area contributed by atoms with E-state index in [0.717, 1.165) is 0 Å². The number of aromatic amines is 1. The van der Waals surface area contributed by atoms with Crippen molar-refractivity contribution in [2.75, 3.05) is 6.54 Å². The van der Waals surface area contributed by atoms with Crippen molar-refractivity contribution in [1.29, 1.82) is 0 Å². The molecule has 0 saturated carbocycles. The van der Waals surface area contributed by atoms with E-state index < -0.39 is 60.2 Å². The standard InChI is InChI=1S/C19H31N7O7/c1-10(19(32)33)24-17(30)13(4-2-3-5-20)25-18(31)14(7-15(27)28)26-16(29)12(21)6-11-8-22-9-23-11/h8-10,12-14H,2-7,20-21H2,1H3,(H,22,23)(H,24,30)(H,25,31)(H,26,29)(H,27,28)(H,32,33). The third kappa shape index (κ3) is 10.1. The Hall–Kier alpha value is -3.52. The van der Waals surface area contributed by atoms with Crippen molar-refractivity contribution in [2.45, 2.75) is 63.2 Å². The zero-order chi connectivity index (χ0) is 25.0. The lowest BCUT2D eigenvalue weighted by atomic mass is 10.1. The van der Waals surface area contributed by atoms with Crippen LogP contribution in [0.3, 0.4) is 0 Å². The van der Waals surface area contributed by atoms with E-state index in [4.69, 9.17) is 21.7 Å². The van der Waals surface area contributed by atoms with Gasteiger partial charge in [0.2, 0.25) is 17.7 Å². The van der Waals surface area contributed by atoms with Crippen LogP contribution < -0.4 is 27.4 Å². The highest BCUT2D eigenvalue weighted by Gasteiger charge is 2.30. The number of aromatic nitrogens is 2. The van der Waals surface area contributed by atoms with Gasteiger partial charge in [0.25, 0.3) is 0 Å². The molecular formula is C19H31N7O7. The Kier molecular flexibility index (Phi) is 11.5. The molecule has 184 valence electrons. The molecule has 10 N–H and O–H groups in total. The summed E-state index contributed by atoms with van der Waals surface area (Å²) in [6.07, 6.45) is 3.32. The maximum atomic E-state index is 12.8. The minimum Gasteiger partial charge on any atom is -0.481 e. The number of nitrogens with one attached hydrogen (secondary N) is 4. The van der Waals surface area contributed by atoms with Crippen molar-refractivity contribution in [2.24, 2.45) is 11.5 Å². The number of nitrogens with zero attached hydrogens (tertiary/aromatic N) is 1. The molecule has 1 heterocycles. The van der Waals surface area contributed by atoms with Crippen molar-refractivity contribution in [3.8, 4) is 0 Å². The van der Waals surface area contributed by atoms with Crippen LogP contribution in [0.4, 0.5) is 0 Å². The minimum absolute atomic E-state index is 0.0738. The summed E-state index contributed by atoms with van der Waals surface area (Å²) in [6.45, 7) is 1.60. The van der Waals surface area contributed by atoms with Crippen molar-refractivity contribution in [3.63, 3.8) is 0 Å². The van der Waals surface area contributed by atoms with Gasteiger partial charge in [-0.25, -0.2) is 4.98 Å². The van der Waals surface area contributed by atoms with Gasteiger partial charge in [-0.1, -0.05) is 0 Å². The second kappa shape index (κ2) is 13.8. The lowest BCUT2D eigenvalue weighted by Gasteiger charge is -2.24. The fourth-order valence-corrected chi connectivity index (χ4v) is 2.80. The molecule has 3 amide bonds. The molecule has 0 saturated heterocycles. The molecule has 1 aromatic heterocycles. The second-order valence-electron chi connectivity index (χ2n) is 7.46. The van der Waals surface area contributed by atoms with E-state index in [1.54, 1.807) is 0 Å². The normalized spacial score (nSPS) is 14.4. The molecule has 1 rings (SSSR count). The first-order chi connectivity index (χ1) is 15.5. The van der Waals surface area contributed by atoms with E-state index in [9.17, 15) is 24.0 Å². The van der Waals surface area contributed by atoms with Crippen molar-refractivity contribution in [3.05, 3.63) is 18.2 Å². The predicted molar refractivity (Wildman–Crippen MR) is 115 cm³/mol. The van der Waals surface area contributed by atoms with E-state index in [-0.39, 0.29) is 12.8 Å². The largest absolute Gasteiger partial charge is 0.481 e. The fourth-order valence-electron chi connectivity index (χ4n) is 2.80. The Morgan fingerprint density at radius 1 is 1.03 bits per heavy atom. The molecule has 0 fully saturated rings. The number of hydrogen-bond acceptors (Lipinski definition) is 8. The second-order valence-corrected chi connectivity index (χ2v) is 7.46. The highest BCUT2D eigenvalue weighted by atomic mass is 16.4. The number of aliphatic carboxylic acids is 2. The van der Waals surface area contributed by atoms with Crippen LogP contribution in [0.2, 0.25) is 0 Å². The van der Waals surface area contributed by atoms with Gasteiger partial charge >= 0.3 is 11.9 Å². The summed E-state index contributed by atoms with van der Waals surface area (Å²) in [4.78, 5) is 66.5. The number of carboxylic acid groups (broad SMARTS) is 2. The highest BCUT2D eigenvalue weighted by molar-refractivity contribution is 5.95. The molecule has 4 unspecified atom stereocenters. The van der Waals surface area contributed by atoms with Gasteiger partial charge in [-0.3, -0.25) is 24.0 Å². The number of carbonyl (C=O) groups excluding carboxylic acids is 3. The lowest BCUT2D eigenvalue weighted by molar-refractivity contribution is -0.143. The van der Waals surface area contributed by atoms with Gasteiger partial charge in [-0.2, -0.15) is 0 Å². The van der Waals surface area contributed by atoms with Crippen LogP contribution in [0.5, 0.6) is 0 Å². The van der Waals surface area contributed by atoms with E-state index in [0.29, 0.717) is 25.1 Å². The molecule has 4 atom stereocenters. The maximum absolute atomic E-state index is 12.8. The average molecular weight is 469 g/mol. The van der Waals surface area contributed by atoms with E-state index >= 15 is 0 Å². The molecule has 0 bridgehead atoms. The van der Waals surface area contributed by atoms with Crippen LogP contribution in [-0.4, -0.2) is 80.6 Å². The number of amides is 3. The van der Waals surface area contributed by atoms with Gasteiger partial charge in [0.05, 0.1) is 18.8 Å². The van der Waals surface area contributed by atoms with Gasteiger partial charge in [-0.15, -0.1) is 0 Å². The average Bonchev–Trinajstić information content (AvgIpc) is 3.24. The lowest BCUT2D eigenvalue weighted by Crippen LogP contribution is -2.57. The first kappa shape index (κ1) is 27.5. The number of carboxylic acids is 2. The molecule has 0 aromatic carbocycles. The molecule has 0 aliphatic carbocycles. The molecule has 0 aliphatic rings. The maximum Gasteiger partial charge on any atom is 0.325 e. The van der Waals surface area contributed by atoms with Gasteiger partial charge in [0.1, 0.15) is 18.1 Å². The van der Waals surface area contributed by atoms with Crippen LogP contribution in [0.1, 0.15) is 38.3 Å². The molecule has 14 heteroatoms. The Labute approximate surface area is 189 Å². The van der Waals surface area contributed by atoms with Crippen LogP contribution in [-0.2, 0) is 30.4 Å². The van der Waals surface area contributed by atoms with Gasteiger partial charge in [0, 0.05) is 18.3 Å². The number of imidazole rings is 1. The SMILES string of the molecule is CC(NC(=O)C(CCCCN)NC(=O)C(CC(=O)O)NC(=O)C(N)Cc1cnc[nH]1)C(=O)O. The zero-order valence-electron chi connectivity index (χ0n) is 18.2. The quantitative estimate of drug-likeness (QED) is 0.125. The van der Waals surface area contributed by atoms with Crippen molar-refractivity contribution >= 4 is 29.7 Å². The number of hydrogen-bond donors (Lipinski definition) is 8. The number of unbranched alkanes of at least 4 members (excludes halogenated alkanes) is 1. The van der Waals surface area contributed by atoms with E-state index in [2.05, 4.69) is 25.9 Å². The third-order valence-electron chi connectivity index (χ3n) is 4.65. The first-order valence-electron chi connectivity index (χ1n) is 10.3. The van der Waals surface area contributed by atoms with Crippen molar-refractivity contribution < 1.29 is 34.2 Å². The number of H-pyrrole nitrogens is 1. The topological polar surface area (TPSA) is 243 Å². The fraction of sp³-hybridized carbons (Fsp3) is 0.579. The summed E-state index contributed by atoms with van der Waals surface area (Å²) in [6, 6.07) is -4.96. The van der Waals surface area contributed by atoms with E-state index in [1.807, 2.05) is 0 Å². The van der Waals surface area contributed by atoms with Gasteiger partial charge in [-0.05, 0) is 32.7 Å². The van der Waals surface area contributed by atoms with Crippen molar-refractivity contribution in [1.82, 2.24) is 25.9 Å². The Morgan fingerprint density at radius 2 is 1.67 bits per heavy atom. The third-order valence-corrected chi connectivity index (χ3v) is 4.65. The summed E-state index contributed by atoms with van der Waals surface area (Å²) in [5, 5.41) is 25.1. The molecule has 0 radical (unpaired) electrons. The van der Waals surface area contributed by atoms with Crippen LogP contribution in [0, 0.1) is 0 Å².